The van der Waals surface area contributed by atoms with Crippen LogP contribution in [0.5, 0.6) is 0 Å². The molecular weight excluding hydrogens is 298 g/mol. The van der Waals surface area contributed by atoms with Crippen LogP contribution in [0.4, 0.5) is 5.69 Å². The SMILES string of the molecule is CCOCCS(=O)(=O)CCC(=O)c1ccc([N+](=O)[O-])cc1. The second-order valence-corrected chi connectivity index (χ2v) is 6.63. The number of rotatable bonds is 9. The number of carbonyl (C=O) groups excluding carboxylic acids is 1. The summed E-state index contributed by atoms with van der Waals surface area (Å²) >= 11 is 0. The molecule has 0 spiro atoms. The summed E-state index contributed by atoms with van der Waals surface area (Å²) in [5, 5.41) is 10.5. The van der Waals surface area contributed by atoms with Crippen molar-refractivity contribution in [2.24, 2.45) is 0 Å². The molecule has 0 N–H and O–H groups in total. The fourth-order valence-corrected chi connectivity index (χ4v) is 2.67. The molecule has 0 amide bonds. The van der Waals surface area contributed by atoms with Crippen molar-refractivity contribution < 1.29 is 22.9 Å². The third kappa shape index (κ3) is 6.01. The largest absolute Gasteiger partial charge is 0.381 e. The molecule has 0 saturated heterocycles. The summed E-state index contributed by atoms with van der Waals surface area (Å²) in [6.07, 6.45) is -0.147. The number of nitro groups is 1. The van der Waals surface area contributed by atoms with Crippen LogP contribution in [-0.4, -0.2) is 43.8 Å². The van der Waals surface area contributed by atoms with Gasteiger partial charge in [0.05, 0.1) is 23.0 Å². The molecule has 116 valence electrons. The van der Waals surface area contributed by atoms with Crippen molar-refractivity contribution in [2.45, 2.75) is 13.3 Å². The van der Waals surface area contributed by atoms with E-state index in [9.17, 15) is 23.3 Å². The molecule has 8 heteroatoms. The first-order chi connectivity index (χ1) is 9.85. The molecule has 0 aromatic heterocycles. The number of hydrogen-bond donors (Lipinski definition) is 0. The van der Waals surface area contributed by atoms with Crippen molar-refractivity contribution in [2.75, 3.05) is 24.7 Å². The Morgan fingerprint density at radius 3 is 2.38 bits per heavy atom. The van der Waals surface area contributed by atoms with E-state index in [1.807, 2.05) is 0 Å². The number of nitro benzene ring substituents is 1. The van der Waals surface area contributed by atoms with Crippen LogP contribution in [0.2, 0.25) is 0 Å². The van der Waals surface area contributed by atoms with Gasteiger partial charge in [0.15, 0.2) is 15.6 Å². The number of hydrogen-bond acceptors (Lipinski definition) is 6. The van der Waals surface area contributed by atoms with Crippen LogP contribution in [0.25, 0.3) is 0 Å². The Kier molecular flexibility index (Phi) is 6.44. The van der Waals surface area contributed by atoms with Crippen molar-refractivity contribution in [1.29, 1.82) is 0 Å². The van der Waals surface area contributed by atoms with Crippen LogP contribution in [-0.2, 0) is 14.6 Å². The minimum absolute atomic E-state index is 0.115. The number of nitrogens with zero attached hydrogens (tertiary/aromatic N) is 1. The maximum absolute atomic E-state index is 11.8. The minimum atomic E-state index is -3.33. The first kappa shape index (κ1) is 17.3. The van der Waals surface area contributed by atoms with E-state index in [-0.39, 0.29) is 41.6 Å². The molecule has 0 heterocycles. The molecule has 21 heavy (non-hydrogen) atoms. The predicted molar refractivity (Wildman–Crippen MR) is 77.2 cm³/mol. The second kappa shape index (κ2) is 7.84. The van der Waals surface area contributed by atoms with Crippen molar-refractivity contribution in [1.82, 2.24) is 0 Å². The highest BCUT2D eigenvalue weighted by atomic mass is 32.2. The fourth-order valence-electron chi connectivity index (χ4n) is 1.59. The molecule has 1 rings (SSSR count). The monoisotopic (exact) mass is 315 g/mol. The van der Waals surface area contributed by atoms with Crippen molar-refractivity contribution in [3.05, 3.63) is 39.9 Å². The molecule has 0 atom stereocenters. The number of ether oxygens (including phenoxy) is 1. The van der Waals surface area contributed by atoms with Crippen LogP contribution >= 0.6 is 0 Å². The van der Waals surface area contributed by atoms with Crippen molar-refractivity contribution in [3.63, 3.8) is 0 Å². The molecule has 1 aromatic rings. The Hall–Kier alpha value is -1.80. The van der Waals surface area contributed by atoms with E-state index >= 15 is 0 Å². The minimum Gasteiger partial charge on any atom is -0.381 e. The predicted octanol–water partition coefficient (Wildman–Crippen LogP) is 1.62. The zero-order valence-electron chi connectivity index (χ0n) is 11.6. The highest BCUT2D eigenvalue weighted by molar-refractivity contribution is 7.91. The van der Waals surface area contributed by atoms with Gasteiger partial charge < -0.3 is 4.74 Å². The molecule has 0 radical (unpaired) electrons. The van der Waals surface area contributed by atoms with E-state index in [0.29, 0.717) is 6.61 Å². The summed E-state index contributed by atoms with van der Waals surface area (Å²) in [7, 11) is -3.33. The molecule has 0 bridgehead atoms. The van der Waals surface area contributed by atoms with E-state index in [4.69, 9.17) is 4.74 Å². The number of non-ortho nitro benzene ring substituents is 1. The number of carbonyl (C=O) groups is 1. The maximum atomic E-state index is 11.8. The van der Waals surface area contributed by atoms with E-state index in [2.05, 4.69) is 0 Å². The van der Waals surface area contributed by atoms with Crippen LogP contribution in [0.3, 0.4) is 0 Å². The average Bonchev–Trinajstić information content (AvgIpc) is 2.45. The Labute approximate surface area is 123 Å². The molecule has 7 nitrogen and oxygen atoms in total. The molecule has 0 aliphatic heterocycles. The van der Waals surface area contributed by atoms with Crippen LogP contribution in [0.1, 0.15) is 23.7 Å². The first-order valence-corrected chi connectivity index (χ1v) is 8.23. The van der Waals surface area contributed by atoms with E-state index < -0.39 is 14.8 Å². The Morgan fingerprint density at radius 1 is 1.24 bits per heavy atom. The third-order valence-electron chi connectivity index (χ3n) is 2.78. The van der Waals surface area contributed by atoms with Gasteiger partial charge in [-0.1, -0.05) is 0 Å². The van der Waals surface area contributed by atoms with E-state index in [1.54, 1.807) is 6.92 Å². The van der Waals surface area contributed by atoms with Gasteiger partial charge in [-0.2, -0.15) is 0 Å². The molecule has 0 fully saturated rings. The summed E-state index contributed by atoms with van der Waals surface area (Å²) in [6.45, 7) is 2.33. The molecule has 0 unspecified atom stereocenters. The van der Waals surface area contributed by atoms with Gasteiger partial charge in [0.1, 0.15) is 0 Å². The summed E-state index contributed by atoms with van der Waals surface area (Å²) in [5.74, 6) is -0.727. The Bertz CT molecular complexity index is 594. The highest BCUT2D eigenvalue weighted by Crippen LogP contribution is 2.13. The van der Waals surface area contributed by atoms with Crippen LogP contribution < -0.4 is 0 Å². The lowest BCUT2D eigenvalue weighted by Gasteiger charge is -2.04. The smallest absolute Gasteiger partial charge is 0.269 e. The molecule has 0 aliphatic carbocycles. The topological polar surface area (TPSA) is 104 Å². The van der Waals surface area contributed by atoms with Gasteiger partial charge in [-0.25, -0.2) is 8.42 Å². The standard InChI is InChI=1S/C13H17NO6S/c1-2-20-8-10-21(18,19)9-7-13(15)11-3-5-12(6-4-11)14(16)17/h3-6H,2,7-10H2,1H3. The average molecular weight is 315 g/mol. The number of benzene rings is 1. The van der Waals surface area contributed by atoms with Gasteiger partial charge in [-0.3, -0.25) is 14.9 Å². The summed E-state index contributed by atoms with van der Waals surface area (Å²) in [4.78, 5) is 21.8. The number of ketones is 1. The zero-order chi connectivity index (χ0) is 15.9. The molecule has 1 aromatic carbocycles. The van der Waals surface area contributed by atoms with Gasteiger partial charge in [0.25, 0.3) is 5.69 Å². The lowest BCUT2D eigenvalue weighted by Crippen LogP contribution is -2.18. The first-order valence-electron chi connectivity index (χ1n) is 6.41. The zero-order valence-corrected chi connectivity index (χ0v) is 12.5. The van der Waals surface area contributed by atoms with Gasteiger partial charge in [-0.05, 0) is 19.1 Å². The molecule has 0 aliphatic rings. The Morgan fingerprint density at radius 2 is 1.86 bits per heavy atom. The van der Waals surface area contributed by atoms with Gasteiger partial charge in [0, 0.05) is 30.7 Å². The highest BCUT2D eigenvalue weighted by Gasteiger charge is 2.15. The second-order valence-electron chi connectivity index (χ2n) is 4.33. The maximum Gasteiger partial charge on any atom is 0.269 e. The van der Waals surface area contributed by atoms with Crippen LogP contribution in [0, 0.1) is 10.1 Å². The lowest BCUT2D eigenvalue weighted by molar-refractivity contribution is -0.384. The van der Waals surface area contributed by atoms with Crippen molar-refractivity contribution >= 4 is 21.3 Å². The van der Waals surface area contributed by atoms with Gasteiger partial charge >= 0.3 is 0 Å². The number of Topliss-reactive ketones (excluding diaryl/α,β-unsaturated/α-hetero) is 1. The molecular formula is C13H17NO6S. The van der Waals surface area contributed by atoms with Gasteiger partial charge in [-0.15, -0.1) is 0 Å². The quantitative estimate of drug-likeness (QED) is 0.297. The van der Waals surface area contributed by atoms with Gasteiger partial charge in [0.2, 0.25) is 0 Å². The summed E-state index contributed by atoms with van der Waals surface area (Å²) in [5.41, 5.74) is 0.150. The van der Waals surface area contributed by atoms with E-state index in [0.717, 1.165) is 0 Å². The lowest BCUT2D eigenvalue weighted by atomic mass is 10.1. The summed E-state index contributed by atoms with van der Waals surface area (Å²) in [6, 6.07) is 5.09. The number of sulfone groups is 1. The normalized spacial score (nSPS) is 11.3. The van der Waals surface area contributed by atoms with Crippen LogP contribution in [0.15, 0.2) is 24.3 Å². The molecule has 0 saturated carbocycles. The van der Waals surface area contributed by atoms with Crippen molar-refractivity contribution in [3.8, 4) is 0 Å². The van der Waals surface area contributed by atoms with E-state index in [1.165, 1.54) is 24.3 Å². The fraction of sp³-hybridized carbons (Fsp3) is 0.462. The third-order valence-corrected chi connectivity index (χ3v) is 4.40. The summed E-state index contributed by atoms with van der Waals surface area (Å²) < 4.78 is 28.3. The Balaban J connectivity index is 2.55.